The average Bonchev–Trinajstić information content (AvgIpc) is 3.65. The third-order valence-corrected chi connectivity index (χ3v) is 8.79. The number of para-hydroxylation sites is 3. The molecule has 0 aliphatic heterocycles. The zero-order valence-corrected chi connectivity index (χ0v) is 25.7. The van der Waals surface area contributed by atoms with Crippen molar-refractivity contribution >= 4 is 51.1 Å². The van der Waals surface area contributed by atoms with Gasteiger partial charge in [-0.3, -0.25) is 0 Å². The first-order chi connectivity index (χ1) is 22.8. The van der Waals surface area contributed by atoms with Crippen molar-refractivity contribution in [1.82, 2.24) is 4.57 Å². The third-order valence-electron chi connectivity index (χ3n) is 8.79. The highest BCUT2D eigenvalue weighted by molar-refractivity contribution is 6.11. The van der Waals surface area contributed by atoms with E-state index in [1.54, 1.807) is 0 Å². The number of allylic oxidation sites excluding steroid dienone is 1. The lowest BCUT2D eigenvalue weighted by Crippen LogP contribution is -1.98. The molecule has 0 aliphatic carbocycles. The summed E-state index contributed by atoms with van der Waals surface area (Å²) in [6, 6.07) is 51.6. The van der Waals surface area contributed by atoms with Crippen LogP contribution in [0.25, 0.3) is 67.9 Å². The van der Waals surface area contributed by atoms with Crippen LogP contribution in [0.5, 0.6) is 0 Å². The largest absolute Gasteiger partial charge is 0.455 e. The van der Waals surface area contributed by atoms with E-state index in [1.165, 1.54) is 27.6 Å². The van der Waals surface area contributed by atoms with Crippen LogP contribution in [-0.2, 0) is 6.42 Å². The van der Waals surface area contributed by atoms with Crippen molar-refractivity contribution in [3.05, 3.63) is 180 Å². The van der Waals surface area contributed by atoms with E-state index in [4.69, 9.17) is 4.42 Å². The quantitative estimate of drug-likeness (QED) is 0.180. The van der Waals surface area contributed by atoms with Gasteiger partial charge in [0.2, 0.25) is 0 Å². The molecular formula is C44H33NO. The molecule has 220 valence electrons. The molecule has 2 nitrogen and oxygen atoms in total. The van der Waals surface area contributed by atoms with Gasteiger partial charge in [0, 0.05) is 38.5 Å². The Morgan fingerprint density at radius 1 is 0.543 bits per heavy atom. The summed E-state index contributed by atoms with van der Waals surface area (Å²) in [5, 5.41) is 3.48. The first-order valence-electron chi connectivity index (χ1n) is 15.9. The van der Waals surface area contributed by atoms with Gasteiger partial charge < -0.3 is 8.98 Å². The Labute approximate surface area is 269 Å². The lowest BCUT2D eigenvalue weighted by molar-refractivity contribution is 0.669. The predicted octanol–water partition coefficient (Wildman–Crippen LogP) is 12.0. The molecule has 2 aromatic heterocycles. The van der Waals surface area contributed by atoms with E-state index in [-0.39, 0.29) is 0 Å². The molecule has 0 atom stereocenters. The summed E-state index contributed by atoms with van der Waals surface area (Å²) in [6.07, 6.45) is 9.70. The summed E-state index contributed by atoms with van der Waals surface area (Å²) in [7, 11) is 0. The molecule has 0 amide bonds. The minimum atomic E-state index is 0.901. The molecule has 0 aliphatic rings. The van der Waals surface area contributed by atoms with Crippen molar-refractivity contribution in [2.45, 2.75) is 13.3 Å². The normalized spacial score (nSPS) is 11.9. The fourth-order valence-corrected chi connectivity index (χ4v) is 6.65. The van der Waals surface area contributed by atoms with Gasteiger partial charge in [-0.25, -0.2) is 0 Å². The van der Waals surface area contributed by atoms with E-state index < -0.39 is 0 Å². The van der Waals surface area contributed by atoms with Gasteiger partial charge in [-0.15, -0.1) is 0 Å². The molecule has 0 unspecified atom stereocenters. The van der Waals surface area contributed by atoms with E-state index >= 15 is 0 Å². The average molecular weight is 592 g/mol. The van der Waals surface area contributed by atoms with Gasteiger partial charge in [0.25, 0.3) is 0 Å². The highest BCUT2D eigenvalue weighted by Crippen LogP contribution is 2.38. The molecule has 8 aromatic rings. The van der Waals surface area contributed by atoms with E-state index in [2.05, 4.69) is 175 Å². The number of hydrogen-bond acceptors (Lipinski definition) is 1. The Balaban J connectivity index is 1.26. The molecule has 0 fully saturated rings. The van der Waals surface area contributed by atoms with Crippen LogP contribution < -0.4 is 0 Å². The van der Waals surface area contributed by atoms with Crippen LogP contribution in [0.2, 0.25) is 0 Å². The van der Waals surface area contributed by atoms with Crippen LogP contribution in [0.1, 0.15) is 34.9 Å². The molecule has 2 heterocycles. The maximum Gasteiger partial charge on any atom is 0.143 e. The van der Waals surface area contributed by atoms with Crippen molar-refractivity contribution in [3.63, 3.8) is 0 Å². The summed E-state index contributed by atoms with van der Waals surface area (Å²) < 4.78 is 9.07. The summed E-state index contributed by atoms with van der Waals surface area (Å²) in [5.41, 5.74) is 12.4. The van der Waals surface area contributed by atoms with Gasteiger partial charge in [-0.1, -0.05) is 140 Å². The first-order valence-corrected chi connectivity index (χ1v) is 15.9. The number of aromatic nitrogens is 1. The van der Waals surface area contributed by atoms with Gasteiger partial charge in [0.1, 0.15) is 11.2 Å². The van der Waals surface area contributed by atoms with E-state index in [9.17, 15) is 0 Å². The van der Waals surface area contributed by atoms with Crippen LogP contribution >= 0.6 is 0 Å². The summed E-state index contributed by atoms with van der Waals surface area (Å²) >= 11 is 0. The second-order valence-electron chi connectivity index (χ2n) is 11.7. The Hall–Kier alpha value is -5.86. The van der Waals surface area contributed by atoms with Crippen molar-refractivity contribution in [2.24, 2.45) is 0 Å². The monoisotopic (exact) mass is 591 g/mol. The highest BCUT2D eigenvalue weighted by atomic mass is 16.3. The van der Waals surface area contributed by atoms with Crippen molar-refractivity contribution in [2.75, 3.05) is 0 Å². The predicted molar refractivity (Wildman–Crippen MR) is 195 cm³/mol. The lowest BCUT2D eigenvalue weighted by atomic mass is 10.0. The Morgan fingerprint density at radius 3 is 1.98 bits per heavy atom. The van der Waals surface area contributed by atoms with Crippen LogP contribution in [0.3, 0.4) is 0 Å². The van der Waals surface area contributed by atoms with Gasteiger partial charge >= 0.3 is 0 Å². The molecule has 0 bridgehead atoms. The number of nitrogens with zero attached hydrogens (tertiary/aromatic N) is 1. The van der Waals surface area contributed by atoms with Crippen molar-refractivity contribution < 1.29 is 4.42 Å². The molecule has 0 saturated carbocycles. The minimum absolute atomic E-state index is 0.901. The number of fused-ring (bicyclic) bond motifs is 4. The SMILES string of the molecule is C/C=C\c1c(/C=C/c2cccc3c2oc2c(-c4ccccc4)cccc23)n(-c2ccc(Cc3ccccc3)cc2)c2ccccc12. The van der Waals surface area contributed by atoms with Crippen LogP contribution in [0, 0.1) is 0 Å². The molecular weight excluding hydrogens is 558 g/mol. The third kappa shape index (κ3) is 4.95. The molecule has 0 saturated heterocycles. The van der Waals surface area contributed by atoms with Crippen LogP contribution in [-0.4, -0.2) is 4.57 Å². The molecule has 0 N–H and O–H groups in total. The van der Waals surface area contributed by atoms with E-state index in [0.717, 1.165) is 56.4 Å². The number of benzene rings is 6. The van der Waals surface area contributed by atoms with Crippen molar-refractivity contribution in [1.29, 1.82) is 0 Å². The fourth-order valence-electron chi connectivity index (χ4n) is 6.65. The van der Waals surface area contributed by atoms with Crippen molar-refractivity contribution in [3.8, 4) is 16.8 Å². The van der Waals surface area contributed by atoms with Gasteiger partial charge in [-0.05, 0) is 60.4 Å². The number of rotatable bonds is 7. The standard InChI is InChI=1S/C44H33NO/c1-2-13-37-38-19-9-10-23-41(38)45(35-27-24-32(25-28-35)30-31-14-5-3-6-15-31)42(37)29-26-34-18-11-21-39-40-22-12-20-36(44(40)46-43(34)39)33-16-7-4-8-17-33/h2-29H,30H2,1H3/b13-2-,29-26+. The van der Waals surface area contributed by atoms with Crippen LogP contribution in [0.15, 0.2) is 156 Å². The second-order valence-corrected chi connectivity index (χ2v) is 11.7. The number of hydrogen-bond donors (Lipinski definition) is 0. The molecule has 0 spiro atoms. The first kappa shape index (κ1) is 27.7. The van der Waals surface area contributed by atoms with E-state index in [1.807, 2.05) is 6.07 Å². The maximum atomic E-state index is 6.70. The topological polar surface area (TPSA) is 18.1 Å². The molecule has 0 radical (unpaired) electrons. The summed E-state index contributed by atoms with van der Waals surface area (Å²) in [6.45, 7) is 2.08. The lowest BCUT2D eigenvalue weighted by Gasteiger charge is -2.11. The Bertz CT molecular complexity index is 2370. The molecule has 2 heteroatoms. The number of furan rings is 1. The molecule has 8 rings (SSSR count). The Morgan fingerprint density at radius 2 is 1.20 bits per heavy atom. The van der Waals surface area contributed by atoms with Gasteiger partial charge in [0.05, 0.1) is 11.2 Å². The molecule has 46 heavy (non-hydrogen) atoms. The zero-order chi connectivity index (χ0) is 30.9. The maximum absolute atomic E-state index is 6.70. The highest BCUT2D eigenvalue weighted by Gasteiger charge is 2.17. The fraction of sp³-hybridized carbons (Fsp3) is 0.0455. The van der Waals surface area contributed by atoms with Gasteiger partial charge in [-0.2, -0.15) is 0 Å². The smallest absolute Gasteiger partial charge is 0.143 e. The van der Waals surface area contributed by atoms with E-state index in [0.29, 0.717) is 0 Å². The summed E-state index contributed by atoms with van der Waals surface area (Å²) in [4.78, 5) is 0. The Kier molecular flexibility index (Phi) is 7.16. The summed E-state index contributed by atoms with van der Waals surface area (Å²) in [5.74, 6) is 0. The van der Waals surface area contributed by atoms with Crippen LogP contribution in [0.4, 0.5) is 0 Å². The molecule has 6 aromatic carbocycles. The minimum Gasteiger partial charge on any atom is -0.455 e. The zero-order valence-electron chi connectivity index (χ0n) is 25.7. The second kappa shape index (κ2) is 11.9. The van der Waals surface area contributed by atoms with Gasteiger partial charge in [0.15, 0.2) is 0 Å².